The fourth-order valence-electron chi connectivity index (χ4n) is 1.79. The Morgan fingerprint density at radius 1 is 1.11 bits per heavy atom. The predicted molar refractivity (Wildman–Crippen MR) is 76.4 cm³/mol. The van der Waals surface area contributed by atoms with Crippen LogP contribution in [-0.2, 0) is 14.3 Å². The number of hydrogen-bond acceptors (Lipinski definition) is 4. The number of carbonyl (C=O) groups excluding carboxylic acids is 1. The van der Waals surface area contributed by atoms with E-state index in [4.69, 9.17) is 9.47 Å². The van der Waals surface area contributed by atoms with Crippen molar-refractivity contribution >= 4 is 11.7 Å². The molecule has 0 spiro atoms. The van der Waals surface area contributed by atoms with E-state index in [2.05, 4.69) is 4.90 Å². The predicted octanol–water partition coefficient (Wildman–Crippen LogP) is 2.48. The number of nitrogens with zero attached hydrogens (tertiary/aromatic N) is 1. The quantitative estimate of drug-likeness (QED) is 0.508. The third-order valence-corrected chi connectivity index (χ3v) is 2.72. The molecule has 1 rings (SSSR count). The molecule has 19 heavy (non-hydrogen) atoms. The second kappa shape index (κ2) is 9.39. The molecule has 0 aliphatic heterocycles. The highest BCUT2D eigenvalue weighted by Gasteiger charge is 2.09. The van der Waals surface area contributed by atoms with Gasteiger partial charge in [0.1, 0.15) is 0 Å². The molecule has 4 heteroatoms. The van der Waals surface area contributed by atoms with Gasteiger partial charge < -0.3 is 14.4 Å². The molecule has 1 aromatic rings. The van der Waals surface area contributed by atoms with E-state index in [9.17, 15) is 4.79 Å². The summed E-state index contributed by atoms with van der Waals surface area (Å²) >= 11 is 0. The summed E-state index contributed by atoms with van der Waals surface area (Å²) in [5, 5.41) is 0. The molecule has 0 heterocycles. The zero-order chi connectivity index (χ0) is 13.9. The van der Waals surface area contributed by atoms with Crippen LogP contribution in [0.1, 0.15) is 20.3 Å². The van der Waals surface area contributed by atoms with Gasteiger partial charge in [-0.25, -0.2) is 0 Å². The van der Waals surface area contributed by atoms with Gasteiger partial charge in [-0.05, 0) is 26.0 Å². The molecule has 0 bridgehead atoms. The van der Waals surface area contributed by atoms with Crippen LogP contribution >= 0.6 is 0 Å². The molecule has 0 N–H and O–H groups in total. The summed E-state index contributed by atoms with van der Waals surface area (Å²) in [4.78, 5) is 13.6. The van der Waals surface area contributed by atoms with Gasteiger partial charge >= 0.3 is 5.97 Å². The molecule has 0 saturated heterocycles. The van der Waals surface area contributed by atoms with Gasteiger partial charge in [-0.3, -0.25) is 4.79 Å². The largest absolute Gasteiger partial charge is 0.466 e. The molecule has 4 nitrogen and oxygen atoms in total. The average molecular weight is 265 g/mol. The molecule has 0 aliphatic rings. The fourth-order valence-corrected chi connectivity index (χ4v) is 1.79. The van der Waals surface area contributed by atoms with Crippen LogP contribution in [0.2, 0.25) is 0 Å². The molecule has 0 atom stereocenters. The highest BCUT2D eigenvalue weighted by Crippen LogP contribution is 2.13. The molecule has 0 aromatic heterocycles. The van der Waals surface area contributed by atoms with Gasteiger partial charge in [0, 0.05) is 25.4 Å². The number of ether oxygens (including phenoxy) is 2. The minimum absolute atomic E-state index is 0.153. The van der Waals surface area contributed by atoms with Gasteiger partial charge in [-0.1, -0.05) is 18.2 Å². The minimum Gasteiger partial charge on any atom is -0.466 e. The average Bonchev–Trinajstić information content (AvgIpc) is 2.44. The topological polar surface area (TPSA) is 38.8 Å². The second-order valence-electron chi connectivity index (χ2n) is 4.07. The third-order valence-electron chi connectivity index (χ3n) is 2.72. The summed E-state index contributed by atoms with van der Waals surface area (Å²) < 4.78 is 10.3. The van der Waals surface area contributed by atoms with Crippen molar-refractivity contribution in [3.63, 3.8) is 0 Å². The van der Waals surface area contributed by atoms with E-state index in [-0.39, 0.29) is 5.97 Å². The van der Waals surface area contributed by atoms with Crippen LogP contribution in [0.5, 0.6) is 0 Å². The summed E-state index contributed by atoms with van der Waals surface area (Å²) in [7, 11) is 0. The Labute approximate surface area is 115 Å². The minimum atomic E-state index is -0.153. The number of para-hydroxylation sites is 1. The van der Waals surface area contributed by atoms with Crippen LogP contribution in [0.4, 0.5) is 5.69 Å². The van der Waals surface area contributed by atoms with Crippen molar-refractivity contribution in [1.29, 1.82) is 0 Å². The number of anilines is 1. The van der Waals surface area contributed by atoms with Gasteiger partial charge in [0.05, 0.1) is 19.6 Å². The van der Waals surface area contributed by atoms with Gasteiger partial charge in [-0.15, -0.1) is 0 Å². The molecule has 0 aliphatic carbocycles. The van der Waals surface area contributed by atoms with Crippen molar-refractivity contribution in [1.82, 2.24) is 0 Å². The zero-order valence-electron chi connectivity index (χ0n) is 11.8. The van der Waals surface area contributed by atoms with Gasteiger partial charge in [0.15, 0.2) is 0 Å². The molecule has 0 fully saturated rings. The lowest BCUT2D eigenvalue weighted by molar-refractivity contribution is -0.142. The number of hydrogen-bond donors (Lipinski definition) is 0. The van der Waals surface area contributed by atoms with Crippen molar-refractivity contribution in [2.75, 3.05) is 37.8 Å². The van der Waals surface area contributed by atoms with Crippen LogP contribution in [-0.4, -0.2) is 38.9 Å². The van der Waals surface area contributed by atoms with Gasteiger partial charge in [0.2, 0.25) is 0 Å². The van der Waals surface area contributed by atoms with E-state index >= 15 is 0 Å². The lowest BCUT2D eigenvalue weighted by atomic mass is 10.2. The Hall–Kier alpha value is -1.55. The van der Waals surface area contributed by atoms with Crippen LogP contribution in [0.15, 0.2) is 30.3 Å². The van der Waals surface area contributed by atoms with Crippen molar-refractivity contribution in [3.05, 3.63) is 30.3 Å². The maximum atomic E-state index is 11.4. The van der Waals surface area contributed by atoms with Gasteiger partial charge in [0.25, 0.3) is 0 Å². The number of benzene rings is 1. The molecule has 0 amide bonds. The fraction of sp³-hybridized carbons (Fsp3) is 0.533. The Bertz CT molecular complexity index is 354. The van der Waals surface area contributed by atoms with E-state index in [1.165, 1.54) is 0 Å². The molecule has 1 aromatic carbocycles. The summed E-state index contributed by atoms with van der Waals surface area (Å²) in [6, 6.07) is 10.0. The van der Waals surface area contributed by atoms with E-state index in [0.717, 1.165) is 12.2 Å². The van der Waals surface area contributed by atoms with Crippen LogP contribution in [0.3, 0.4) is 0 Å². The summed E-state index contributed by atoms with van der Waals surface area (Å²) in [6.45, 7) is 7.03. The first kappa shape index (κ1) is 15.5. The van der Waals surface area contributed by atoms with E-state index < -0.39 is 0 Å². The lowest BCUT2D eigenvalue weighted by Gasteiger charge is -2.24. The second-order valence-corrected chi connectivity index (χ2v) is 4.07. The Balaban J connectivity index is 2.52. The Morgan fingerprint density at radius 2 is 1.84 bits per heavy atom. The smallest absolute Gasteiger partial charge is 0.307 e. The SMILES string of the molecule is CCOCCN(CCC(=O)OCC)c1ccccc1. The van der Waals surface area contributed by atoms with Gasteiger partial charge in [-0.2, -0.15) is 0 Å². The molecular formula is C15H23NO3. The van der Waals surface area contributed by atoms with Crippen molar-refractivity contribution < 1.29 is 14.3 Å². The first-order valence-electron chi connectivity index (χ1n) is 6.81. The van der Waals surface area contributed by atoms with Crippen molar-refractivity contribution in [2.45, 2.75) is 20.3 Å². The van der Waals surface area contributed by atoms with E-state index in [0.29, 0.717) is 32.8 Å². The first-order valence-corrected chi connectivity index (χ1v) is 6.81. The Kier molecular flexibility index (Phi) is 7.66. The third kappa shape index (κ3) is 6.25. The normalized spacial score (nSPS) is 10.2. The van der Waals surface area contributed by atoms with E-state index in [1.54, 1.807) is 0 Å². The standard InChI is InChI=1S/C15H23NO3/c1-3-18-13-12-16(11-10-15(17)19-4-2)14-8-6-5-7-9-14/h5-9H,3-4,10-13H2,1-2H3. The zero-order valence-corrected chi connectivity index (χ0v) is 11.8. The van der Waals surface area contributed by atoms with Crippen molar-refractivity contribution in [3.8, 4) is 0 Å². The molecular weight excluding hydrogens is 242 g/mol. The maximum Gasteiger partial charge on any atom is 0.307 e. The van der Waals surface area contributed by atoms with Crippen molar-refractivity contribution in [2.24, 2.45) is 0 Å². The highest BCUT2D eigenvalue weighted by atomic mass is 16.5. The molecule has 0 unspecified atom stereocenters. The summed E-state index contributed by atoms with van der Waals surface area (Å²) in [5.41, 5.74) is 1.10. The number of carbonyl (C=O) groups is 1. The molecule has 106 valence electrons. The molecule has 0 saturated carbocycles. The highest BCUT2D eigenvalue weighted by molar-refractivity contribution is 5.70. The van der Waals surface area contributed by atoms with Crippen LogP contribution in [0, 0.1) is 0 Å². The number of esters is 1. The summed E-state index contributed by atoms with van der Waals surface area (Å²) in [5.74, 6) is -0.153. The first-order chi connectivity index (χ1) is 9.27. The van der Waals surface area contributed by atoms with Crippen LogP contribution in [0.25, 0.3) is 0 Å². The summed E-state index contributed by atoms with van der Waals surface area (Å²) in [6.07, 6.45) is 0.398. The monoisotopic (exact) mass is 265 g/mol. The van der Waals surface area contributed by atoms with E-state index in [1.807, 2.05) is 44.2 Å². The number of rotatable bonds is 9. The molecule has 0 radical (unpaired) electrons. The van der Waals surface area contributed by atoms with Crippen LogP contribution < -0.4 is 4.90 Å². The maximum absolute atomic E-state index is 11.4. The lowest BCUT2D eigenvalue weighted by Crippen LogP contribution is -2.30. The Morgan fingerprint density at radius 3 is 2.47 bits per heavy atom.